The Morgan fingerprint density at radius 3 is 2.80 bits per heavy atom. The van der Waals surface area contributed by atoms with Crippen molar-refractivity contribution in [2.75, 3.05) is 6.54 Å². The number of nitrogens with one attached hydrogen (secondary N) is 1. The zero-order valence-corrected chi connectivity index (χ0v) is 11.0. The van der Waals surface area contributed by atoms with Crippen molar-refractivity contribution in [1.82, 2.24) is 5.32 Å². The molecule has 0 amide bonds. The van der Waals surface area contributed by atoms with Crippen LogP contribution in [0.3, 0.4) is 0 Å². The molecule has 2 unspecified atom stereocenters. The minimum atomic E-state index is 0.930. The van der Waals surface area contributed by atoms with Crippen LogP contribution in [0.5, 0.6) is 0 Å². The van der Waals surface area contributed by atoms with Crippen LogP contribution in [-0.4, -0.2) is 6.54 Å². The summed E-state index contributed by atoms with van der Waals surface area (Å²) in [6.45, 7) is 6.61. The van der Waals surface area contributed by atoms with Crippen LogP contribution in [0.4, 0.5) is 0 Å². The molecular formula is C13H18BrN. The number of aryl methyl sites for hydroxylation is 1. The molecule has 1 nitrogen and oxygen atoms in total. The predicted molar refractivity (Wildman–Crippen MR) is 67.9 cm³/mol. The van der Waals surface area contributed by atoms with Crippen LogP contribution in [0, 0.1) is 18.8 Å². The quantitative estimate of drug-likeness (QED) is 0.881. The average Bonchev–Trinajstić information content (AvgIpc) is 2.88. The first kappa shape index (κ1) is 11.2. The lowest BCUT2D eigenvalue weighted by Gasteiger charge is -2.06. The van der Waals surface area contributed by atoms with Crippen molar-refractivity contribution < 1.29 is 0 Å². The Morgan fingerprint density at radius 1 is 1.47 bits per heavy atom. The van der Waals surface area contributed by atoms with E-state index in [4.69, 9.17) is 0 Å². The number of benzene rings is 1. The second-order valence-corrected chi connectivity index (χ2v) is 5.54. The Kier molecular flexibility index (Phi) is 3.47. The van der Waals surface area contributed by atoms with Gasteiger partial charge < -0.3 is 5.32 Å². The van der Waals surface area contributed by atoms with Gasteiger partial charge in [0.2, 0.25) is 0 Å². The molecular weight excluding hydrogens is 250 g/mol. The van der Waals surface area contributed by atoms with E-state index in [0.29, 0.717) is 0 Å². The van der Waals surface area contributed by atoms with Gasteiger partial charge in [0.25, 0.3) is 0 Å². The van der Waals surface area contributed by atoms with Gasteiger partial charge in [-0.05, 0) is 48.9 Å². The number of halogens is 1. The highest BCUT2D eigenvalue weighted by atomic mass is 79.9. The Morgan fingerprint density at radius 2 is 2.20 bits per heavy atom. The predicted octanol–water partition coefficient (Wildman–Crippen LogP) is 3.50. The second-order valence-electron chi connectivity index (χ2n) is 4.69. The molecule has 0 aromatic heterocycles. The van der Waals surface area contributed by atoms with Crippen molar-refractivity contribution in [2.45, 2.75) is 26.8 Å². The van der Waals surface area contributed by atoms with Gasteiger partial charge in [-0.3, -0.25) is 0 Å². The fourth-order valence-electron chi connectivity index (χ4n) is 1.83. The SMILES string of the molecule is Cc1ccc(CNCC2CC2C)cc1Br. The van der Waals surface area contributed by atoms with Crippen LogP contribution < -0.4 is 5.32 Å². The number of hydrogen-bond donors (Lipinski definition) is 1. The van der Waals surface area contributed by atoms with Crippen molar-refractivity contribution in [3.63, 3.8) is 0 Å². The van der Waals surface area contributed by atoms with Gasteiger partial charge in [-0.1, -0.05) is 35.0 Å². The third-order valence-electron chi connectivity index (χ3n) is 3.25. The average molecular weight is 268 g/mol. The van der Waals surface area contributed by atoms with E-state index < -0.39 is 0 Å². The highest BCUT2D eigenvalue weighted by molar-refractivity contribution is 9.10. The molecule has 1 aromatic carbocycles. The molecule has 0 spiro atoms. The molecule has 1 aliphatic carbocycles. The summed E-state index contributed by atoms with van der Waals surface area (Å²) in [5.41, 5.74) is 2.66. The Bertz CT molecular complexity index is 348. The fraction of sp³-hybridized carbons (Fsp3) is 0.538. The zero-order valence-electron chi connectivity index (χ0n) is 9.39. The molecule has 2 atom stereocenters. The third kappa shape index (κ3) is 3.05. The molecule has 2 rings (SSSR count). The van der Waals surface area contributed by atoms with E-state index in [1.807, 2.05) is 0 Å². The maximum atomic E-state index is 3.56. The molecule has 1 aliphatic rings. The number of rotatable bonds is 4. The summed E-state index contributed by atoms with van der Waals surface area (Å²) in [5, 5.41) is 3.52. The van der Waals surface area contributed by atoms with Crippen LogP contribution in [0.15, 0.2) is 22.7 Å². The summed E-state index contributed by atoms with van der Waals surface area (Å²) in [7, 11) is 0. The van der Waals surface area contributed by atoms with Gasteiger partial charge in [-0.2, -0.15) is 0 Å². The van der Waals surface area contributed by atoms with Crippen LogP contribution in [0.1, 0.15) is 24.5 Å². The normalized spacial score (nSPS) is 24.2. The Balaban J connectivity index is 1.80. The van der Waals surface area contributed by atoms with Gasteiger partial charge in [0.1, 0.15) is 0 Å². The third-order valence-corrected chi connectivity index (χ3v) is 4.10. The van der Waals surface area contributed by atoms with Gasteiger partial charge in [0.05, 0.1) is 0 Å². The summed E-state index contributed by atoms with van der Waals surface area (Å²) >= 11 is 3.56. The molecule has 1 N–H and O–H groups in total. The lowest BCUT2D eigenvalue weighted by atomic mass is 10.1. The van der Waals surface area contributed by atoms with E-state index in [1.165, 1.54) is 28.6 Å². The first-order chi connectivity index (χ1) is 7.16. The summed E-state index contributed by atoms with van der Waals surface area (Å²) in [4.78, 5) is 0. The molecule has 15 heavy (non-hydrogen) atoms. The molecule has 1 fully saturated rings. The monoisotopic (exact) mass is 267 g/mol. The van der Waals surface area contributed by atoms with Crippen molar-refractivity contribution >= 4 is 15.9 Å². The molecule has 0 saturated heterocycles. The Labute approximate surface area is 100 Å². The maximum absolute atomic E-state index is 3.56. The standard InChI is InChI=1S/C13H18BrN/c1-9-3-4-11(6-13(9)14)7-15-8-12-5-10(12)2/h3-4,6,10,12,15H,5,7-8H2,1-2H3. The molecule has 2 heteroatoms. The summed E-state index contributed by atoms with van der Waals surface area (Å²) in [6, 6.07) is 6.57. The lowest BCUT2D eigenvalue weighted by molar-refractivity contribution is 0.612. The van der Waals surface area contributed by atoms with Gasteiger partial charge in [-0.15, -0.1) is 0 Å². The van der Waals surface area contributed by atoms with Crippen molar-refractivity contribution in [2.24, 2.45) is 11.8 Å². The van der Waals surface area contributed by atoms with Gasteiger partial charge in [-0.25, -0.2) is 0 Å². The van der Waals surface area contributed by atoms with Crippen LogP contribution in [-0.2, 0) is 6.54 Å². The van der Waals surface area contributed by atoms with E-state index in [9.17, 15) is 0 Å². The minimum Gasteiger partial charge on any atom is -0.312 e. The van der Waals surface area contributed by atoms with E-state index in [-0.39, 0.29) is 0 Å². The molecule has 0 radical (unpaired) electrons. The molecule has 1 saturated carbocycles. The van der Waals surface area contributed by atoms with E-state index >= 15 is 0 Å². The van der Waals surface area contributed by atoms with Crippen molar-refractivity contribution in [3.05, 3.63) is 33.8 Å². The first-order valence-electron chi connectivity index (χ1n) is 5.62. The van der Waals surface area contributed by atoms with Crippen LogP contribution >= 0.6 is 15.9 Å². The molecule has 1 aromatic rings. The Hall–Kier alpha value is -0.340. The van der Waals surface area contributed by atoms with E-state index in [0.717, 1.165) is 18.4 Å². The van der Waals surface area contributed by atoms with Crippen LogP contribution in [0.25, 0.3) is 0 Å². The molecule has 0 aliphatic heterocycles. The molecule has 82 valence electrons. The summed E-state index contributed by atoms with van der Waals surface area (Å²) < 4.78 is 1.21. The second kappa shape index (κ2) is 4.67. The van der Waals surface area contributed by atoms with Crippen LogP contribution in [0.2, 0.25) is 0 Å². The first-order valence-corrected chi connectivity index (χ1v) is 6.42. The van der Waals surface area contributed by atoms with E-state index in [2.05, 4.69) is 53.3 Å². The van der Waals surface area contributed by atoms with Crippen molar-refractivity contribution in [1.29, 1.82) is 0 Å². The highest BCUT2D eigenvalue weighted by Gasteiger charge is 2.31. The number of hydrogen-bond acceptors (Lipinski definition) is 1. The lowest BCUT2D eigenvalue weighted by Crippen LogP contribution is -2.16. The van der Waals surface area contributed by atoms with Gasteiger partial charge >= 0.3 is 0 Å². The molecule has 0 heterocycles. The minimum absolute atomic E-state index is 0.930. The fourth-order valence-corrected chi connectivity index (χ4v) is 2.26. The van der Waals surface area contributed by atoms with Gasteiger partial charge in [0, 0.05) is 11.0 Å². The maximum Gasteiger partial charge on any atom is 0.0207 e. The topological polar surface area (TPSA) is 12.0 Å². The summed E-state index contributed by atoms with van der Waals surface area (Å²) in [6.07, 6.45) is 1.41. The van der Waals surface area contributed by atoms with Crippen molar-refractivity contribution in [3.8, 4) is 0 Å². The zero-order chi connectivity index (χ0) is 10.8. The highest BCUT2D eigenvalue weighted by Crippen LogP contribution is 2.36. The smallest absolute Gasteiger partial charge is 0.0207 e. The van der Waals surface area contributed by atoms with Gasteiger partial charge in [0.15, 0.2) is 0 Å². The molecule has 0 bridgehead atoms. The largest absolute Gasteiger partial charge is 0.312 e. The van der Waals surface area contributed by atoms with E-state index in [1.54, 1.807) is 0 Å². The summed E-state index contributed by atoms with van der Waals surface area (Å²) in [5.74, 6) is 1.88.